The molecule has 2 unspecified atom stereocenters. The molecule has 5 heteroatoms. The van der Waals surface area contributed by atoms with Gasteiger partial charge in [-0.2, -0.15) is 5.10 Å². The number of hydrogen-bond donors (Lipinski definition) is 1. The smallest absolute Gasteiger partial charge is 0.224 e. The zero-order valence-corrected chi connectivity index (χ0v) is 13.6. The molecule has 122 valence electrons. The van der Waals surface area contributed by atoms with Gasteiger partial charge in [-0.3, -0.25) is 9.48 Å². The van der Waals surface area contributed by atoms with Gasteiger partial charge in [0.05, 0.1) is 12.2 Å². The highest BCUT2D eigenvalue weighted by Gasteiger charge is 2.26. The molecule has 1 saturated heterocycles. The van der Waals surface area contributed by atoms with Crippen LogP contribution in [0.1, 0.15) is 42.5 Å². The normalized spacial score (nSPS) is 19.6. The lowest BCUT2D eigenvalue weighted by Crippen LogP contribution is -2.41. The maximum atomic E-state index is 12.6. The molecule has 2 aromatic rings. The summed E-state index contributed by atoms with van der Waals surface area (Å²) < 4.78 is 1.99. The number of piperidine rings is 1. The summed E-state index contributed by atoms with van der Waals surface area (Å²) in [6.45, 7) is 3.58. The number of aromatic nitrogens is 2. The van der Waals surface area contributed by atoms with Crippen LogP contribution in [0.5, 0.6) is 0 Å². The van der Waals surface area contributed by atoms with Crippen LogP contribution in [-0.4, -0.2) is 33.7 Å². The molecule has 1 aliphatic heterocycles. The summed E-state index contributed by atoms with van der Waals surface area (Å²) in [7, 11) is 0. The fourth-order valence-corrected chi connectivity index (χ4v) is 3.17. The van der Waals surface area contributed by atoms with Gasteiger partial charge in [0.15, 0.2) is 0 Å². The second-order valence-electron chi connectivity index (χ2n) is 6.35. The van der Waals surface area contributed by atoms with Gasteiger partial charge in [-0.25, -0.2) is 0 Å². The van der Waals surface area contributed by atoms with E-state index in [9.17, 15) is 4.79 Å². The van der Waals surface area contributed by atoms with Crippen LogP contribution in [0.15, 0.2) is 42.7 Å². The predicted octanol–water partition coefficient (Wildman–Crippen LogP) is 2.45. The second-order valence-corrected chi connectivity index (χ2v) is 6.35. The average molecular weight is 312 g/mol. The standard InChI is InChI=1S/C18H24N4O/c1-14-11-20-22(12-14)16-8-5-9-21(13-16)18(23)10-17(19)15-6-3-2-4-7-15/h2-4,6-7,11-12,16-17H,5,8-10,13,19H2,1H3. The number of rotatable bonds is 4. The van der Waals surface area contributed by atoms with E-state index in [1.54, 1.807) is 0 Å². The number of benzene rings is 1. The molecule has 0 bridgehead atoms. The molecule has 0 aliphatic carbocycles. The number of aryl methyl sites for hydroxylation is 1. The third kappa shape index (κ3) is 3.79. The van der Waals surface area contributed by atoms with Crippen molar-refractivity contribution in [1.82, 2.24) is 14.7 Å². The van der Waals surface area contributed by atoms with Gasteiger partial charge in [-0.15, -0.1) is 0 Å². The van der Waals surface area contributed by atoms with Gasteiger partial charge in [0.2, 0.25) is 5.91 Å². The van der Waals surface area contributed by atoms with Crippen molar-refractivity contribution in [3.63, 3.8) is 0 Å². The van der Waals surface area contributed by atoms with E-state index in [2.05, 4.69) is 5.10 Å². The van der Waals surface area contributed by atoms with Crippen LogP contribution in [0.25, 0.3) is 0 Å². The Morgan fingerprint density at radius 2 is 2.17 bits per heavy atom. The zero-order valence-electron chi connectivity index (χ0n) is 13.6. The number of likely N-dealkylation sites (tertiary alicyclic amines) is 1. The van der Waals surface area contributed by atoms with E-state index in [0.717, 1.165) is 37.1 Å². The first-order valence-electron chi connectivity index (χ1n) is 8.22. The van der Waals surface area contributed by atoms with Crippen LogP contribution in [0.2, 0.25) is 0 Å². The van der Waals surface area contributed by atoms with E-state index in [4.69, 9.17) is 5.73 Å². The Morgan fingerprint density at radius 3 is 2.87 bits per heavy atom. The van der Waals surface area contributed by atoms with E-state index in [1.807, 2.05) is 59.2 Å². The number of hydrogen-bond acceptors (Lipinski definition) is 3. The SMILES string of the molecule is Cc1cnn(C2CCCN(C(=O)CC(N)c3ccccc3)C2)c1. The van der Waals surface area contributed by atoms with E-state index in [0.29, 0.717) is 6.42 Å². The molecule has 1 aliphatic rings. The number of carbonyl (C=O) groups is 1. The molecule has 0 radical (unpaired) electrons. The minimum absolute atomic E-state index is 0.134. The predicted molar refractivity (Wildman–Crippen MR) is 89.8 cm³/mol. The number of amides is 1. The molecule has 1 fully saturated rings. The molecule has 2 heterocycles. The van der Waals surface area contributed by atoms with Crippen LogP contribution in [0.4, 0.5) is 0 Å². The molecule has 1 amide bonds. The first kappa shape index (κ1) is 15.7. The third-order valence-electron chi connectivity index (χ3n) is 4.48. The zero-order chi connectivity index (χ0) is 16.2. The van der Waals surface area contributed by atoms with Crippen molar-refractivity contribution < 1.29 is 4.79 Å². The quantitative estimate of drug-likeness (QED) is 0.943. The highest BCUT2D eigenvalue weighted by Crippen LogP contribution is 2.23. The maximum Gasteiger partial charge on any atom is 0.224 e. The summed E-state index contributed by atoms with van der Waals surface area (Å²) in [6.07, 6.45) is 6.35. The fraction of sp³-hybridized carbons (Fsp3) is 0.444. The number of nitrogens with zero attached hydrogens (tertiary/aromatic N) is 3. The Morgan fingerprint density at radius 1 is 1.39 bits per heavy atom. The van der Waals surface area contributed by atoms with E-state index >= 15 is 0 Å². The van der Waals surface area contributed by atoms with Crippen molar-refractivity contribution >= 4 is 5.91 Å². The molecular formula is C18H24N4O. The Kier molecular flexibility index (Phi) is 4.76. The topological polar surface area (TPSA) is 64.2 Å². The Balaban J connectivity index is 1.61. The molecule has 2 atom stereocenters. The molecule has 3 rings (SSSR count). The minimum Gasteiger partial charge on any atom is -0.340 e. The summed E-state index contributed by atoms with van der Waals surface area (Å²) in [5, 5.41) is 4.40. The van der Waals surface area contributed by atoms with Gasteiger partial charge in [0.25, 0.3) is 0 Å². The number of carbonyl (C=O) groups excluding carboxylic acids is 1. The minimum atomic E-state index is -0.240. The van der Waals surface area contributed by atoms with Gasteiger partial charge in [-0.1, -0.05) is 30.3 Å². The molecule has 0 spiro atoms. The third-order valence-corrected chi connectivity index (χ3v) is 4.48. The van der Waals surface area contributed by atoms with Crippen molar-refractivity contribution in [2.45, 2.75) is 38.3 Å². The molecule has 5 nitrogen and oxygen atoms in total. The van der Waals surface area contributed by atoms with Gasteiger partial charge < -0.3 is 10.6 Å². The van der Waals surface area contributed by atoms with Crippen molar-refractivity contribution in [3.05, 3.63) is 53.9 Å². The number of nitrogens with two attached hydrogens (primary N) is 1. The summed E-state index contributed by atoms with van der Waals surface area (Å²) in [6, 6.07) is 9.85. The van der Waals surface area contributed by atoms with Crippen LogP contribution in [0, 0.1) is 6.92 Å². The van der Waals surface area contributed by atoms with Crippen LogP contribution in [0.3, 0.4) is 0 Å². The van der Waals surface area contributed by atoms with E-state index in [1.165, 1.54) is 0 Å². The largest absolute Gasteiger partial charge is 0.340 e. The Bertz CT molecular complexity index is 652. The van der Waals surface area contributed by atoms with Crippen LogP contribution in [-0.2, 0) is 4.79 Å². The van der Waals surface area contributed by atoms with Gasteiger partial charge >= 0.3 is 0 Å². The monoisotopic (exact) mass is 312 g/mol. The molecule has 1 aromatic heterocycles. The first-order valence-corrected chi connectivity index (χ1v) is 8.22. The van der Waals surface area contributed by atoms with Crippen molar-refractivity contribution in [1.29, 1.82) is 0 Å². The lowest BCUT2D eigenvalue weighted by atomic mass is 10.0. The van der Waals surface area contributed by atoms with E-state index < -0.39 is 0 Å². The second kappa shape index (κ2) is 6.96. The van der Waals surface area contributed by atoms with Crippen molar-refractivity contribution in [2.75, 3.05) is 13.1 Å². The lowest BCUT2D eigenvalue weighted by molar-refractivity contribution is -0.133. The molecule has 2 N–H and O–H groups in total. The highest BCUT2D eigenvalue weighted by molar-refractivity contribution is 5.77. The first-order chi connectivity index (χ1) is 11.1. The summed E-state index contributed by atoms with van der Waals surface area (Å²) >= 11 is 0. The highest BCUT2D eigenvalue weighted by atomic mass is 16.2. The van der Waals surface area contributed by atoms with Crippen molar-refractivity contribution in [3.8, 4) is 0 Å². The molecule has 0 saturated carbocycles. The summed E-state index contributed by atoms with van der Waals surface area (Å²) in [4.78, 5) is 14.5. The molecule has 1 aromatic carbocycles. The van der Waals surface area contributed by atoms with Crippen LogP contribution < -0.4 is 5.73 Å². The van der Waals surface area contributed by atoms with Crippen LogP contribution >= 0.6 is 0 Å². The molecular weight excluding hydrogens is 288 g/mol. The van der Waals surface area contributed by atoms with E-state index in [-0.39, 0.29) is 18.0 Å². The Hall–Kier alpha value is -2.14. The average Bonchev–Trinajstić information content (AvgIpc) is 3.02. The maximum absolute atomic E-state index is 12.6. The van der Waals surface area contributed by atoms with Gasteiger partial charge in [0, 0.05) is 31.7 Å². The summed E-state index contributed by atoms with van der Waals surface area (Å²) in [5.74, 6) is 0.134. The molecule has 23 heavy (non-hydrogen) atoms. The lowest BCUT2D eigenvalue weighted by Gasteiger charge is -2.33. The van der Waals surface area contributed by atoms with Gasteiger partial charge in [0.1, 0.15) is 0 Å². The van der Waals surface area contributed by atoms with Crippen molar-refractivity contribution in [2.24, 2.45) is 5.73 Å². The summed E-state index contributed by atoms with van der Waals surface area (Å²) in [5.41, 5.74) is 8.35. The van der Waals surface area contributed by atoms with Gasteiger partial charge in [-0.05, 0) is 30.9 Å². The fourth-order valence-electron chi connectivity index (χ4n) is 3.17. The Labute approximate surface area is 137 Å².